The Labute approximate surface area is 203 Å². The maximum Gasteiger partial charge on any atom is 0.341 e. The van der Waals surface area contributed by atoms with Crippen LogP contribution in [-0.2, 0) is 9.53 Å². The van der Waals surface area contributed by atoms with Gasteiger partial charge in [-0.05, 0) is 36.4 Å². The normalized spacial score (nSPS) is 17.3. The van der Waals surface area contributed by atoms with Crippen molar-refractivity contribution in [3.8, 4) is 11.3 Å². The number of urea groups is 1. The van der Waals surface area contributed by atoms with E-state index in [1.54, 1.807) is 24.3 Å². The van der Waals surface area contributed by atoms with Crippen LogP contribution >= 0.6 is 11.6 Å². The van der Waals surface area contributed by atoms with E-state index < -0.39 is 29.8 Å². The number of likely N-dealkylation sites (tertiary alicyclic amines) is 1. The van der Waals surface area contributed by atoms with E-state index in [9.17, 15) is 23.9 Å². The average molecular weight is 503 g/mol. The summed E-state index contributed by atoms with van der Waals surface area (Å²) in [6.07, 6.45) is 0.786. The average Bonchev–Trinajstić information content (AvgIpc) is 3.49. The minimum absolute atomic E-state index is 0.0435. The molecule has 1 aliphatic heterocycles. The van der Waals surface area contributed by atoms with Crippen LogP contribution in [0.3, 0.4) is 0 Å². The van der Waals surface area contributed by atoms with Crippen LogP contribution in [0.5, 0.6) is 0 Å². The van der Waals surface area contributed by atoms with Crippen LogP contribution in [0.15, 0.2) is 53.3 Å². The van der Waals surface area contributed by atoms with Crippen LogP contribution < -0.4 is 10.6 Å². The van der Waals surface area contributed by atoms with Gasteiger partial charge in [-0.2, -0.15) is 0 Å². The van der Waals surface area contributed by atoms with Gasteiger partial charge in [-0.3, -0.25) is 4.79 Å². The molecular weight excluding hydrogens is 483 g/mol. The van der Waals surface area contributed by atoms with Gasteiger partial charge >= 0.3 is 12.0 Å². The Bertz CT molecular complexity index is 1270. The van der Waals surface area contributed by atoms with Crippen molar-refractivity contribution in [1.29, 1.82) is 0 Å². The first-order valence-corrected chi connectivity index (χ1v) is 10.8. The second-order valence-electron chi connectivity index (χ2n) is 7.76. The SMILES string of the molecule is CO[C@@H]1C[C@H](C(=O)Nc2ccc(-c3nocc3C(=O)O)cc2F)N(C(=O)Nc2ccc(Cl)cc2)C1. The molecule has 3 N–H and O–H groups in total. The minimum atomic E-state index is -1.27. The number of aromatic carboxylic acids is 1. The number of carboxylic acid groups (broad SMARTS) is 1. The number of carbonyl (C=O) groups is 3. The van der Waals surface area contributed by atoms with Gasteiger partial charge in [-0.1, -0.05) is 22.8 Å². The predicted octanol–water partition coefficient (Wildman–Crippen LogP) is 4.09. The van der Waals surface area contributed by atoms with E-state index in [4.69, 9.17) is 16.3 Å². The molecule has 35 heavy (non-hydrogen) atoms. The van der Waals surface area contributed by atoms with Gasteiger partial charge in [0, 0.05) is 36.3 Å². The van der Waals surface area contributed by atoms with Gasteiger partial charge in [0.2, 0.25) is 5.91 Å². The van der Waals surface area contributed by atoms with Gasteiger partial charge in [0.1, 0.15) is 29.4 Å². The molecule has 1 aliphatic rings. The van der Waals surface area contributed by atoms with Crippen molar-refractivity contribution < 1.29 is 33.1 Å². The molecule has 10 nitrogen and oxygen atoms in total. The highest BCUT2D eigenvalue weighted by Crippen LogP contribution is 2.28. The molecule has 1 fully saturated rings. The maximum atomic E-state index is 14.8. The monoisotopic (exact) mass is 502 g/mol. The number of halogens is 2. The van der Waals surface area contributed by atoms with E-state index in [0.717, 1.165) is 12.3 Å². The number of anilines is 2. The third-order valence-electron chi connectivity index (χ3n) is 5.56. The summed E-state index contributed by atoms with van der Waals surface area (Å²) in [5.74, 6) is -2.69. The molecule has 3 aromatic rings. The largest absolute Gasteiger partial charge is 0.477 e. The van der Waals surface area contributed by atoms with Crippen LogP contribution in [-0.4, -0.2) is 58.9 Å². The standard InChI is InChI=1S/C23H20ClFN4O6/c1-34-15-9-19(29(10-15)23(33)26-14-5-3-13(24)4-6-14)21(30)27-18-7-2-12(8-17(18)25)20-16(22(31)32)11-35-28-20/h2-8,11,15,19H,9-10H2,1H3,(H,26,33)(H,27,30)(H,31,32)/t15-,19-/m1/s1. The lowest BCUT2D eigenvalue weighted by Crippen LogP contribution is -2.45. The van der Waals surface area contributed by atoms with Crippen LogP contribution in [0.25, 0.3) is 11.3 Å². The van der Waals surface area contributed by atoms with Gasteiger partial charge in [-0.15, -0.1) is 0 Å². The van der Waals surface area contributed by atoms with Crippen molar-refractivity contribution in [2.75, 3.05) is 24.3 Å². The molecular formula is C23H20ClFN4O6. The van der Waals surface area contributed by atoms with Gasteiger partial charge in [0.15, 0.2) is 0 Å². The van der Waals surface area contributed by atoms with E-state index in [2.05, 4.69) is 20.3 Å². The molecule has 0 saturated carbocycles. The summed E-state index contributed by atoms with van der Waals surface area (Å²) in [6, 6.07) is 8.78. The maximum absolute atomic E-state index is 14.8. The molecule has 0 radical (unpaired) electrons. The highest BCUT2D eigenvalue weighted by atomic mass is 35.5. The first-order valence-electron chi connectivity index (χ1n) is 10.4. The number of amides is 3. The number of aromatic nitrogens is 1. The molecule has 1 saturated heterocycles. The molecule has 12 heteroatoms. The number of nitrogens with zero attached hydrogens (tertiary/aromatic N) is 2. The summed E-state index contributed by atoms with van der Waals surface area (Å²) in [5.41, 5.74) is 0.252. The topological polar surface area (TPSA) is 134 Å². The number of ether oxygens (including phenoxy) is 1. The summed E-state index contributed by atoms with van der Waals surface area (Å²) in [6.45, 7) is 0.166. The smallest absolute Gasteiger partial charge is 0.341 e. The second kappa shape index (κ2) is 10.1. The Balaban J connectivity index is 1.50. The van der Waals surface area contributed by atoms with Crippen molar-refractivity contribution in [3.05, 3.63) is 65.1 Å². The molecule has 4 rings (SSSR count). The van der Waals surface area contributed by atoms with Crippen LogP contribution in [0.4, 0.5) is 20.6 Å². The van der Waals surface area contributed by atoms with E-state index in [1.165, 1.54) is 24.1 Å². The van der Waals surface area contributed by atoms with Gasteiger partial charge in [0.25, 0.3) is 0 Å². The number of nitrogens with one attached hydrogen (secondary N) is 2. The van der Waals surface area contributed by atoms with Crippen molar-refractivity contribution in [2.45, 2.75) is 18.6 Å². The Morgan fingerprint density at radius 3 is 2.60 bits per heavy atom. The van der Waals surface area contributed by atoms with Gasteiger partial charge in [-0.25, -0.2) is 14.0 Å². The zero-order valence-corrected chi connectivity index (χ0v) is 19.1. The fraction of sp³-hybridized carbons (Fsp3) is 0.217. The molecule has 2 aromatic carbocycles. The zero-order chi connectivity index (χ0) is 25.1. The van der Waals surface area contributed by atoms with Crippen LogP contribution in [0, 0.1) is 5.82 Å². The van der Waals surface area contributed by atoms with Crippen LogP contribution in [0.1, 0.15) is 16.8 Å². The van der Waals surface area contributed by atoms with Gasteiger partial charge < -0.3 is 29.9 Å². The highest BCUT2D eigenvalue weighted by molar-refractivity contribution is 6.30. The Morgan fingerprint density at radius 1 is 1.20 bits per heavy atom. The van der Waals surface area contributed by atoms with Gasteiger partial charge in [0.05, 0.1) is 11.8 Å². The fourth-order valence-electron chi connectivity index (χ4n) is 3.75. The number of rotatable bonds is 6. The molecule has 182 valence electrons. The Morgan fingerprint density at radius 2 is 1.94 bits per heavy atom. The van der Waals surface area contributed by atoms with E-state index in [0.29, 0.717) is 10.7 Å². The number of carboxylic acids is 1. The van der Waals surface area contributed by atoms with Crippen molar-refractivity contribution in [2.24, 2.45) is 0 Å². The summed E-state index contributed by atoms with van der Waals surface area (Å²) >= 11 is 5.87. The Kier molecular flexibility index (Phi) is 6.99. The summed E-state index contributed by atoms with van der Waals surface area (Å²) in [5, 5.41) is 18.5. The highest BCUT2D eigenvalue weighted by Gasteiger charge is 2.40. The number of benzene rings is 2. The molecule has 0 bridgehead atoms. The lowest BCUT2D eigenvalue weighted by atomic mass is 10.1. The van der Waals surface area contributed by atoms with E-state index in [1.807, 2.05) is 0 Å². The molecule has 2 heterocycles. The van der Waals surface area contributed by atoms with Crippen molar-refractivity contribution >= 4 is 40.9 Å². The molecule has 0 unspecified atom stereocenters. The molecule has 3 amide bonds. The lowest BCUT2D eigenvalue weighted by molar-refractivity contribution is -0.119. The van der Waals surface area contributed by atoms with E-state index >= 15 is 0 Å². The summed E-state index contributed by atoms with van der Waals surface area (Å²) in [7, 11) is 1.48. The zero-order valence-electron chi connectivity index (χ0n) is 18.3. The number of carbonyl (C=O) groups excluding carboxylic acids is 2. The first kappa shape index (κ1) is 24.2. The van der Waals surface area contributed by atoms with Crippen molar-refractivity contribution in [1.82, 2.24) is 10.1 Å². The second-order valence-corrected chi connectivity index (χ2v) is 8.20. The third kappa shape index (κ3) is 5.26. The summed E-state index contributed by atoms with van der Waals surface area (Å²) in [4.78, 5) is 38.5. The van der Waals surface area contributed by atoms with Crippen LogP contribution in [0.2, 0.25) is 5.02 Å². The number of hydrogen-bond acceptors (Lipinski definition) is 6. The molecule has 1 aromatic heterocycles. The Hall–Kier alpha value is -3.96. The molecule has 0 aliphatic carbocycles. The molecule has 2 atom stereocenters. The number of hydrogen-bond donors (Lipinski definition) is 3. The fourth-order valence-corrected chi connectivity index (χ4v) is 3.87. The lowest BCUT2D eigenvalue weighted by Gasteiger charge is -2.24. The molecule has 0 spiro atoms. The first-order chi connectivity index (χ1) is 16.8. The minimum Gasteiger partial charge on any atom is -0.477 e. The summed E-state index contributed by atoms with van der Waals surface area (Å²) < 4.78 is 24.8. The predicted molar refractivity (Wildman–Crippen MR) is 124 cm³/mol. The number of methoxy groups -OCH3 is 1. The third-order valence-corrected chi connectivity index (χ3v) is 5.81. The quantitative estimate of drug-likeness (QED) is 0.462. The van der Waals surface area contributed by atoms with E-state index in [-0.39, 0.29) is 41.6 Å². The van der Waals surface area contributed by atoms with Crippen molar-refractivity contribution in [3.63, 3.8) is 0 Å².